The molecule has 0 bridgehead atoms. The van der Waals surface area contributed by atoms with Crippen LogP contribution in [0.4, 0.5) is 0 Å². The molecule has 1 aromatic heterocycles. The Morgan fingerprint density at radius 3 is 2.56 bits per heavy atom. The van der Waals surface area contributed by atoms with E-state index < -0.39 is 5.63 Å². The van der Waals surface area contributed by atoms with E-state index in [0.717, 1.165) is 5.56 Å². The van der Waals surface area contributed by atoms with Crippen molar-refractivity contribution in [2.24, 2.45) is 5.10 Å². The lowest BCUT2D eigenvalue weighted by Gasteiger charge is -2.04. The van der Waals surface area contributed by atoms with Crippen molar-refractivity contribution >= 4 is 22.6 Å². The molecule has 25 heavy (non-hydrogen) atoms. The fraction of sp³-hybridized carbons (Fsp3) is 0.105. The van der Waals surface area contributed by atoms with Crippen LogP contribution in [0, 0.1) is 6.92 Å². The predicted octanol–water partition coefficient (Wildman–Crippen LogP) is 2.96. The van der Waals surface area contributed by atoms with Gasteiger partial charge in [0.2, 0.25) is 0 Å². The molecule has 0 atom stereocenters. The highest BCUT2D eigenvalue weighted by Gasteiger charge is 2.10. The lowest BCUT2D eigenvalue weighted by molar-refractivity contribution is 0.0955. The number of aromatic hydroxyl groups is 1. The van der Waals surface area contributed by atoms with Crippen LogP contribution in [0.2, 0.25) is 0 Å². The summed E-state index contributed by atoms with van der Waals surface area (Å²) in [6, 6.07) is 13.2. The fourth-order valence-corrected chi connectivity index (χ4v) is 2.32. The molecule has 2 N–H and O–H groups in total. The molecule has 1 amide bonds. The maximum atomic E-state index is 12.1. The fourth-order valence-electron chi connectivity index (χ4n) is 2.32. The second kappa shape index (κ2) is 6.60. The van der Waals surface area contributed by atoms with Gasteiger partial charge in [-0.05, 0) is 44.2 Å². The number of benzene rings is 2. The van der Waals surface area contributed by atoms with E-state index in [0.29, 0.717) is 16.7 Å². The molecule has 6 heteroatoms. The average Bonchev–Trinajstić information content (AvgIpc) is 2.59. The maximum absolute atomic E-state index is 12.1. The Balaban J connectivity index is 1.87. The number of hydrogen-bond donors (Lipinski definition) is 2. The second-order valence-electron chi connectivity index (χ2n) is 5.67. The molecule has 6 nitrogen and oxygen atoms in total. The minimum atomic E-state index is -0.594. The Hall–Kier alpha value is -3.41. The van der Waals surface area contributed by atoms with Crippen LogP contribution < -0.4 is 11.1 Å². The van der Waals surface area contributed by atoms with Gasteiger partial charge in [0.25, 0.3) is 5.91 Å². The van der Waals surface area contributed by atoms with E-state index in [-0.39, 0.29) is 22.8 Å². The van der Waals surface area contributed by atoms with Gasteiger partial charge in [-0.1, -0.05) is 17.7 Å². The third-order valence-electron chi connectivity index (χ3n) is 3.75. The number of amides is 1. The summed E-state index contributed by atoms with van der Waals surface area (Å²) in [6.45, 7) is 3.54. The van der Waals surface area contributed by atoms with E-state index in [2.05, 4.69) is 10.5 Å². The van der Waals surface area contributed by atoms with Crippen molar-refractivity contribution < 1.29 is 14.3 Å². The summed E-state index contributed by atoms with van der Waals surface area (Å²) in [4.78, 5) is 24.2. The molecule has 3 rings (SSSR count). The minimum absolute atomic E-state index is 0.0131. The summed E-state index contributed by atoms with van der Waals surface area (Å²) < 4.78 is 5.19. The second-order valence-corrected chi connectivity index (χ2v) is 5.67. The number of fused-ring (bicyclic) bond motifs is 1. The lowest BCUT2D eigenvalue weighted by atomic mass is 10.1. The topological polar surface area (TPSA) is 91.9 Å². The Labute approximate surface area is 143 Å². The smallest absolute Gasteiger partial charge is 0.345 e. The van der Waals surface area contributed by atoms with Gasteiger partial charge in [-0.3, -0.25) is 4.79 Å². The molecule has 2 aromatic carbocycles. The summed E-state index contributed by atoms with van der Waals surface area (Å²) in [5.41, 5.74) is 4.21. The number of rotatable bonds is 3. The normalized spacial score (nSPS) is 11.5. The van der Waals surface area contributed by atoms with Gasteiger partial charge in [0.1, 0.15) is 11.3 Å². The molecule has 0 unspecified atom stereocenters. The Bertz CT molecular complexity index is 1030. The number of nitrogens with zero attached hydrogens (tertiary/aromatic N) is 1. The summed E-state index contributed by atoms with van der Waals surface area (Å²) in [7, 11) is 0. The van der Waals surface area contributed by atoms with Gasteiger partial charge in [0, 0.05) is 17.0 Å². The lowest BCUT2D eigenvalue weighted by Crippen LogP contribution is -2.21. The summed E-state index contributed by atoms with van der Waals surface area (Å²) in [5, 5.41) is 14.1. The first kappa shape index (κ1) is 16.4. The SMILES string of the molecule is C/C(=N/NC(=O)c1ccc(C)cc1)c1cc2ccc(O)cc2oc1=O. The molecule has 0 aliphatic heterocycles. The molecule has 0 aliphatic carbocycles. The molecule has 0 fully saturated rings. The van der Waals surface area contributed by atoms with Crippen molar-refractivity contribution in [1.82, 2.24) is 5.43 Å². The summed E-state index contributed by atoms with van der Waals surface area (Å²) in [6.07, 6.45) is 0. The predicted molar refractivity (Wildman–Crippen MR) is 95.0 cm³/mol. The Morgan fingerprint density at radius 2 is 1.84 bits per heavy atom. The molecule has 0 radical (unpaired) electrons. The van der Waals surface area contributed by atoms with Gasteiger partial charge >= 0.3 is 5.63 Å². The molecule has 3 aromatic rings. The zero-order valence-electron chi connectivity index (χ0n) is 13.7. The van der Waals surface area contributed by atoms with Crippen LogP contribution in [0.5, 0.6) is 5.75 Å². The monoisotopic (exact) mass is 336 g/mol. The first-order valence-electron chi connectivity index (χ1n) is 7.62. The van der Waals surface area contributed by atoms with Crippen molar-refractivity contribution in [2.75, 3.05) is 0 Å². The molecule has 1 heterocycles. The number of phenolic OH excluding ortho intramolecular Hbond substituents is 1. The zero-order chi connectivity index (χ0) is 18.0. The number of nitrogens with one attached hydrogen (secondary N) is 1. The molecular formula is C19H16N2O4. The first-order valence-corrected chi connectivity index (χ1v) is 7.62. The maximum Gasteiger partial charge on any atom is 0.345 e. The highest BCUT2D eigenvalue weighted by Crippen LogP contribution is 2.19. The van der Waals surface area contributed by atoms with E-state index in [1.807, 2.05) is 19.1 Å². The molecule has 0 saturated heterocycles. The number of hydrogen-bond acceptors (Lipinski definition) is 5. The molecule has 0 aliphatic rings. The van der Waals surface area contributed by atoms with E-state index in [9.17, 15) is 14.7 Å². The highest BCUT2D eigenvalue weighted by atomic mass is 16.4. The highest BCUT2D eigenvalue weighted by molar-refractivity contribution is 6.02. The van der Waals surface area contributed by atoms with Crippen LogP contribution in [-0.2, 0) is 0 Å². The Morgan fingerprint density at radius 1 is 1.12 bits per heavy atom. The first-order chi connectivity index (χ1) is 11.9. The van der Waals surface area contributed by atoms with Crippen molar-refractivity contribution in [3.05, 3.63) is 75.6 Å². The van der Waals surface area contributed by atoms with Gasteiger partial charge < -0.3 is 9.52 Å². The number of aryl methyl sites for hydroxylation is 1. The third-order valence-corrected chi connectivity index (χ3v) is 3.75. The van der Waals surface area contributed by atoms with Crippen molar-refractivity contribution in [2.45, 2.75) is 13.8 Å². The van der Waals surface area contributed by atoms with Crippen LogP contribution in [0.3, 0.4) is 0 Å². The van der Waals surface area contributed by atoms with Gasteiger partial charge in [0.15, 0.2) is 0 Å². The average molecular weight is 336 g/mol. The quantitative estimate of drug-likeness (QED) is 0.437. The molecular weight excluding hydrogens is 320 g/mol. The third kappa shape index (κ3) is 3.58. The van der Waals surface area contributed by atoms with Crippen LogP contribution in [0.15, 0.2) is 62.8 Å². The van der Waals surface area contributed by atoms with E-state index in [1.54, 1.807) is 31.2 Å². The molecule has 0 saturated carbocycles. The van der Waals surface area contributed by atoms with Gasteiger partial charge in [-0.2, -0.15) is 5.10 Å². The van der Waals surface area contributed by atoms with Crippen LogP contribution >= 0.6 is 0 Å². The zero-order valence-corrected chi connectivity index (χ0v) is 13.7. The number of phenols is 1. The number of hydrazone groups is 1. The summed E-state index contributed by atoms with van der Waals surface area (Å²) >= 11 is 0. The Kier molecular flexibility index (Phi) is 4.35. The number of carbonyl (C=O) groups is 1. The van der Waals surface area contributed by atoms with E-state index in [4.69, 9.17) is 4.42 Å². The van der Waals surface area contributed by atoms with Gasteiger partial charge in [0.05, 0.1) is 11.3 Å². The number of carbonyl (C=O) groups excluding carboxylic acids is 1. The summed E-state index contributed by atoms with van der Waals surface area (Å²) in [5.74, 6) is -0.353. The van der Waals surface area contributed by atoms with Crippen molar-refractivity contribution in [3.63, 3.8) is 0 Å². The van der Waals surface area contributed by atoms with Crippen molar-refractivity contribution in [1.29, 1.82) is 0 Å². The minimum Gasteiger partial charge on any atom is -0.508 e. The van der Waals surface area contributed by atoms with Crippen molar-refractivity contribution in [3.8, 4) is 5.75 Å². The van der Waals surface area contributed by atoms with Crippen LogP contribution in [0.25, 0.3) is 11.0 Å². The largest absolute Gasteiger partial charge is 0.508 e. The van der Waals surface area contributed by atoms with Gasteiger partial charge in [-0.25, -0.2) is 10.2 Å². The van der Waals surface area contributed by atoms with Crippen LogP contribution in [0.1, 0.15) is 28.4 Å². The van der Waals surface area contributed by atoms with E-state index in [1.165, 1.54) is 12.1 Å². The van der Waals surface area contributed by atoms with Gasteiger partial charge in [-0.15, -0.1) is 0 Å². The standard InChI is InChI=1S/C19H16N2O4/c1-11-3-5-13(6-4-11)18(23)21-20-12(2)16-9-14-7-8-15(22)10-17(14)25-19(16)24/h3-10,22H,1-2H3,(H,21,23)/b20-12-. The molecule has 126 valence electrons. The molecule has 0 spiro atoms. The van der Waals surface area contributed by atoms with Crippen LogP contribution in [-0.4, -0.2) is 16.7 Å². The van der Waals surface area contributed by atoms with E-state index >= 15 is 0 Å².